The molecule has 1 fully saturated rings. The van der Waals surface area contributed by atoms with Crippen LogP contribution >= 0.6 is 15.6 Å². The molecule has 71 heavy (non-hydrogen) atoms. The normalized spacial score (nSPS) is 19.7. The molecule has 0 amide bonds. The molecular formula is C50H81N3O16P2. The molecule has 1 saturated heterocycles. The first kappa shape index (κ1) is 63.3. The molecule has 21 heteroatoms. The number of nitrogens with two attached hydrogens (primary N) is 1. The van der Waals surface area contributed by atoms with Crippen molar-refractivity contribution in [1.29, 1.82) is 0 Å². The van der Waals surface area contributed by atoms with Gasteiger partial charge >= 0.3 is 33.3 Å². The van der Waals surface area contributed by atoms with Gasteiger partial charge in [-0.3, -0.25) is 23.2 Å². The zero-order valence-corrected chi connectivity index (χ0v) is 43.2. The van der Waals surface area contributed by atoms with Crippen molar-refractivity contribution in [2.75, 3.05) is 32.2 Å². The Morgan fingerprint density at radius 2 is 1.21 bits per heavy atom. The van der Waals surface area contributed by atoms with Crippen LogP contribution in [0.15, 0.2) is 90.0 Å². The summed E-state index contributed by atoms with van der Waals surface area (Å²) >= 11 is 0. The summed E-state index contributed by atoms with van der Waals surface area (Å²) in [6, 6.07) is 1.24. The number of unbranched alkanes of at least 4 members (excludes halogenated alkanes) is 12. The summed E-state index contributed by atoms with van der Waals surface area (Å²) < 4.78 is 56.6. The van der Waals surface area contributed by atoms with Gasteiger partial charge < -0.3 is 45.1 Å². The minimum absolute atomic E-state index is 0.0421. The van der Waals surface area contributed by atoms with Crippen LogP contribution in [0.2, 0.25) is 0 Å². The Bertz CT molecular complexity index is 1970. The van der Waals surface area contributed by atoms with Crippen LogP contribution in [0, 0.1) is 0 Å². The number of esters is 2. The highest BCUT2D eigenvalue weighted by atomic mass is 31.3. The van der Waals surface area contributed by atoms with Crippen molar-refractivity contribution in [3.8, 4) is 0 Å². The van der Waals surface area contributed by atoms with E-state index in [1.807, 2.05) is 18.2 Å². The summed E-state index contributed by atoms with van der Waals surface area (Å²) in [6.07, 6.45) is 37.2. The number of allylic oxidation sites excluding steroid dienone is 12. The van der Waals surface area contributed by atoms with Crippen molar-refractivity contribution in [3.05, 3.63) is 95.7 Å². The van der Waals surface area contributed by atoms with Gasteiger partial charge in [-0.2, -0.15) is 9.29 Å². The lowest BCUT2D eigenvalue weighted by molar-refractivity contribution is -0.161. The molecule has 0 bridgehead atoms. The highest BCUT2D eigenvalue weighted by Crippen LogP contribution is 2.60. The molecule has 2 unspecified atom stereocenters. The summed E-state index contributed by atoms with van der Waals surface area (Å²) in [4.78, 5) is 61.8. The standard InChI is InChI=1S/C50H81N3O16P2/c1-2-3-4-5-6-7-8-9-13-16-19-22-25-28-31-34-45(55)64-39-42(67-46(56)35-32-29-26-23-20-17-14-11-10-12-15-18-21-24-27-30-33-38-54)40-65-70(60,61)69-71(62,63)66-41-43-47(57)48(58)49(68-43)53-37-36-44(51)52-50(53)59/h6-7,9-10,12-14,17-18,21,23,26,36-37,42-43,47-49,54,57-58H,2-5,8,11,15-16,19-20,22,24-25,27-35,38-41H2,1H3,(H,60,61)(H,62,63)(H2,51,52,59)/b7-6-,12-10-,13-9-,17-14-,21-18-,26-23-/t42-,43-,47-,48-,49-/m1/s1. The van der Waals surface area contributed by atoms with Gasteiger partial charge in [-0.25, -0.2) is 13.9 Å². The molecule has 0 saturated carbocycles. The van der Waals surface area contributed by atoms with Gasteiger partial charge in [0.25, 0.3) is 0 Å². The van der Waals surface area contributed by atoms with Crippen molar-refractivity contribution < 1.29 is 71.4 Å². The van der Waals surface area contributed by atoms with Crippen molar-refractivity contribution in [3.63, 3.8) is 0 Å². The lowest BCUT2D eigenvalue weighted by atomic mass is 10.1. The van der Waals surface area contributed by atoms with E-state index in [0.717, 1.165) is 94.2 Å². The maximum absolute atomic E-state index is 12.8. The van der Waals surface area contributed by atoms with Crippen molar-refractivity contribution in [2.45, 2.75) is 179 Å². The maximum Gasteiger partial charge on any atom is 0.481 e. The van der Waals surface area contributed by atoms with Gasteiger partial charge in [0.05, 0.1) is 13.2 Å². The van der Waals surface area contributed by atoms with Crippen LogP contribution in [0.25, 0.3) is 0 Å². The molecule has 19 nitrogen and oxygen atoms in total. The highest BCUT2D eigenvalue weighted by Gasteiger charge is 2.46. The van der Waals surface area contributed by atoms with Crippen LogP contribution in [0.3, 0.4) is 0 Å². The summed E-state index contributed by atoms with van der Waals surface area (Å²) in [6.45, 7) is 0.0509. The van der Waals surface area contributed by atoms with E-state index in [0.29, 0.717) is 25.7 Å². The van der Waals surface area contributed by atoms with Gasteiger partial charge in [-0.1, -0.05) is 118 Å². The molecule has 7 atom stereocenters. The molecule has 0 radical (unpaired) electrons. The van der Waals surface area contributed by atoms with E-state index in [4.69, 9.17) is 34.1 Å². The van der Waals surface area contributed by atoms with Gasteiger partial charge in [0, 0.05) is 25.6 Å². The monoisotopic (exact) mass is 1040 g/mol. The molecule has 0 aliphatic carbocycles. The smallest absolute Gasteiger partial charge is 0.462 e. The first-order valence-electron chi connectivity index (χ1n) is 25.1. The molecular weight excluding hydrogens is 961 g/mol. The number of rotatable bonds is 41. The Morgan fingerprint density at radius 3 is 1.79 bits per heavy atom. The number of hydrogen-bond donors (Lipinski definition) is 6. The molecule has 1 aliphatic heterocycles. The Labute approximate surface area is 419 Å². The quantitative estimate of drug-likeness (QED) is 0.0154. The number of aliphatic hydroxyl groups is 3. The third kappa shape index (κ3) is 31.4. The molecule has 1 aliphatic rings. The Hall–Kier alpha value is -3.84. The summed E-state index contributed by atoms with van der Waals surface area (Å²) in [5.74, 6) is -1.40. The Morgan fingerprint density at radius 1 is 0.704 bits per heavy atom. The predicted octanol–water partition coefficient (Wildman–Crippen LogP) is 9.08. The van der Waals surface area contributed by atoms with Crippen molar-refractivity contribution in [1.82, 2.24) is 9.55 Å². The van der Waals surface area contributed by atoms with Gasteiger partial charge in [-0.15, -0.1) is 0 Å². The molecule has 1 aromatic heterocycles. The number of carbonyl (C=O) groups excluding carboxylic acids is 2. The number of phosphoric ester groups is 2. The Kier molecular flexibility index (Phi) is 34.5. The van der Waals surface area contributed by atoms with Crippen molar-refractivity contribution >= 4 is 33.4 Å². The SMILES string of the molecule is CCCCC/C=C\C/C=C\CCCCCCCC(=O)OC[C@H](COP(=O)(O)OP(=O)(O)OC[C@H]1O[C@@H](n2ccc(N)nc2=O)[C@H](O)[C@@H]1O)OC(=O)CCC/C=C\C/C=C\C/C=C\C/C=C\CCCCCO. The highest BCUT2D eigenvalue weighted by molar-refractivity contribution is 7.61. The van der Waals surface area contributed by atoms with Crippen LogP contribution in [-0.2, 0) is 46.3 Å². The van der Waals surface area contributed by atoms with Gasteiger partial charge in [0.1, 0.15) is 30.7 Å². The molecule has 402 valence electrons. The average Bonchev–Trinajstić information content (AvgIpc) is 3.61. The van der Waals surface area contributed by atoms with E-state index >= 15 is 0 Å². The Balaban J connectivity index is 1.84. The minimum atomic E-state index is -5.45. The number of nitrogen functional groups attached to an aromatic ring is 1. The third-order valence-corrected chi connectivity index (χ3v) is 13.4. The lowest BCUT2D eigenvalue weighted by Gasteiger charge is -2.21. The van der Waals surface area contributed by atoms with Crippen LogP contribution in [0.5, 0.6) is 0 Å². The van der Waals surface area contributed by atoms with E-state index in [9.17, 15) is 43.5 Å². The predicted molar refractivity (Wildman–Crippen MR) is 271 cm³/mol. The molecule has 2 heterocycles. The van der Waals surface area contributed by atoms with Gasteiger partial charge in [0.2, 0.25) is 0 Å². The summed E-state index contributed by atoms with van der Waals surface area (Å²) in [7, 11) is -10.9. The molecule has 0 spiro atoms. The van der Waals surface area contributed by atoms with E-state index in [-0.39, 0.29) is 25.3 Å². The fraction of sp³-hybridized carbons (Fsp3) is 0.640. The van der Waals surface area contributed by atoms with Gasteiger partial charge in [0.15, 0.2) is 12.3 Å². The number of ether oxygens (including phenoxy) is 3. The minimum Gasteiger partial charge on any atom is -0.462 e. The molecule has 7 N–H and O–H groups in total. The number of nitrogens with zero attached hydrogens (tertiary/aromatic N) is 2. The zero-order valence-electron chi connectivity index (χ0n) is 41.4. The third-order valence-electron chi connectivity index (χ3n) is 10.8. The second-order valence-corrected chi connectivity index (χ2v) is 20.1. The maximum atomic E-state index is 12.8. The number of aliphatic hydroxyl groups excluding tert-OH is 3. The first-order chi connectivity index (χ1) is 34.2. The fourth-order valence-corrected chi connectivity index (χ4v) is 9.01. The van der Waals surface area contributed by atoms with Gasteiger partial charge in [-0.05, 0) is 96.0 Å². The zero-order chi connectivity index (χ0) is 52.0. The topological polar surface area (TPSA) is 286 Å². The van der Waals surface area contributed by atoms with E-state index in [2.05, 4.69) is 70.9 Å². The number of phosphoric acid groups is 2. The van der Waals surface area contributed by atoms with E-state index < -0.39 is 83.7 Å². The summed E-state index contributed by atoms with van der Waals surface area (Å²) in [5.41, 5.74) is 4.58. The molecule has 0 aromatic carbocycles. The van der Waals surface area contributed by atoms with Crippen LogP contribution in [0.4, 0.5) is 5.82 Å². The van der Waals surface area contributed by atoms with E-state index in [1.165, 1.54) is 25.3 Å². The molecule has 2 rings (SSSR count). The van der Waals surface area contributed by atoms with Crippen molar-refractivity contribution in [2.24, 2.45) is 0 Å². The number of anilines is 1. The van der Waals surface area contributed by atoms with Crippen LogP contribution in [-0.4, -0.2) is 97.4 Å². The van der Waals surface area contributed by atoms with Crippen LogP contribution < -0.4 is 11.4 Å². The van der Waals surface area contributed by atoms with Crippen LogP contribution in [0.1, 0.15) is 154 Å². The largest absolute Gasteiger partial charge is 0.481 e. The van der Waals surface area contributed by atoms with E-state index in [1.54, 1.807) is 0 Å². The lowest BCUT2D eigenvalue weighted by Crippen LogP contribution is -2.36. The first-order valence-corrected chi connectivity index (χ1v) is 28.0. The average molecular weight is 1040 g/mol. The fourth-order valence-electron chi connectivity index (χ4n) is 6.90. The number of aromatic nitrogens is 2. The second kappa shape index (κ2) is 38.7. The summed E-state index contributed by atoms with van der Waals surface area (Å²) in [5, 5.41) is 29.7. The second-order valence-electron chi connectivity index (χ2n) is 17.0. The molecule has 1 aromatic rings. The number of carbonyl (C=O) groups is 2. The number of hydrogen-bond acceptors (Lipinski definition) is 16.